The molecule has 1 unspecified atom stereocenters. The van der Waals surface area contributed by atoms with Crippen LogP contribution >= 0.6 is 0 Å². The standard InChI is InChI=1S/C12H24N2O/c1-5-9(4)14-12(11(13)15)6-10(7-12)8(2)3/h8-10,14H,5-7H2,1-4H3,(H2,13,15). The number of hydrogen-bond acceptors (Lipinski definition) is 2. The fourth-order valence-electron chi connectivity index (χ4n) is 2.27. The molecule has 0 saturated heterocycles. The number of nitrogens with one attached hydrogen (secondary N) is 1. The molecular formula is C12H24N2O. The van der Waals surface area contributed by atoms with E-state index in [2.05, 4.69) is 33.0 Å². The van der Waals surface area contributed by atoms with Crippen LogP contribution in [0.1, 0.15) is 47.0 Å². The molecule has 3 heteroatoms. The molecule has 1 rings (SSSR count). The van der Waals surface area contributed by atoms with Crippen LogP contribution in [0.25, 0.3) is 0 Å². The summed E-state index contributed by atoms with van der Waals surface area (Å²) in [5.74, 6) is 1.12. The SMILES string of the molecule is CCC(C)NC1(C(N)=O)CC(C(C)C)C1. The number of hydrogen-bond donors (Lipinski definition) is 2. The van der Waals surface area contributed by atoms with Crippen molar-refractivity contribution in [2.24, 2.45) is 17.6 Å². The van der Waals surface area contributed by atoms with Crippen molar-refractivity contribution in [1.29, 1.82) is 0 Å². The lowest BCUT2D eigenvalue weighted by Crippen LogP contribution is -2.65. The van der Waals surface area contributed by atoms with Crippen LogP contribution in [0.5, 0.6) is 0 Å². The molecule has 0 heterocycles. The summed E-state index contributed by atoms with van der Waals surface area (Å²) < 4.78 is 0. The van der Waals surface area contributed by atoms with E-state index in [9.17, 15) is 4.79 Å². The molecule has 15 heavy (non-hydrogen) atoms. The second kappa shape index (κ2) is 4.52. The first-order valence-electron chi connectivity index (χ1n) is 5.99. The Bertz CT molecular complexity index is 232. The molecule has 3 N–H and O–H groups in total. The monoisotopic (exact) mass is 212 g/mol. The molecule has 0 aromatic heterocycles. The van der Waals surface area contributed by atoms with Gasteiger partial charge in [0.2, 0.25) is 5.91 Å². The predicted octanol–water partition coefficient (Wildman–Crippen LogP) is 1.66. The van der Waals surface area contributed by atoms with E-state index >= 15 is 0 Å². The summed E-state index contributed by atoms with van der Waals surface area (Å²) in [5, 5.41) is 3.39. The Morgan fingerprint density at radius 3 is 2.33 bits per heavy atom. The van der Waals surface area contributed by atoms with Gasteiger partial charge < -0.3 is 11.1 Å². The zero-order valence-electron chi connectivity index (χ0n) is 10.3. The van der Waals surface area contributed by atoms with Crippen LogP contribution < -0.4 is 11.1 Å². The van der Waals surface area contributed by atoms with Gasteiger partial charge in [0.25, 0.3) is 0 Å². The summed E-state index contributed by atoms with van der Waals surface area (Å²) in [6.07, 6.45) is 2.84. The average Bonchev–Trinajstić information content (AvgIpc) is 2.08. The maximum absolute atomic E-state index is 11.5. The number of carbonyl (C=O) groups is 1. The van der Waals surface area contributed by atoms with E-state index in [0.717, 1.165) is 19.3 Å². The molecule has 0 aliphatic heterocycles. The highest BCUT2D eigenvalue weighted by molar-refractivity contribution is 5.86. The highest BCUT2D eigenvalue weighted by atomic mass is 16.1. The maximum atomic E-state index is 11.5. The van der Waals surface area contributed by atoms with E-state index in [0.29, 0.717) is 17.9 Å². The van der Waals surface area contributed by atoms with Crippen molar-refractivity contribution >= 4 is 5.91 Å². The minimum Gasteiger partial charge on any atom is -0.368 e. The summed E-state index contributed by atoms with van der Waals surface area (Å²) in [6, 6.07) is 0.366. The van der Waals surface area contributed by atoms with Crippen LogP contribution in [0.15, 0.2) is 0 Å². The van der Waals surface area contributed by atoms with E-state index < -0.39 is 5.54 Å². The minimum atomic E-state index is -0.412. The van der Waals surface area contributed by atoms with Gasteiger partial charge in [0.1, 0.15) is 0 Å². The lowest BCUT2D eigenvalue weighted by Gasteiger charge is -2.49. The van der Waals surface area contributed by atoms with Crippen LogP contribution in [0, 0.1) is 11.8 Å². The van der Waals surface area contributed by atoms with E-state index in [1.165, 1.54) is 0 Å². The number of nitrogens with two attached hydrogens (primary N) is 1. The van der Waals surface area contributed by atoms with Crippen molar-refractivity contribution in [3.05, 3.63) is 0 Å². The van der Waals surface area contributed by atoms with Crippen LogP contribution in [0.3, 0.4) is 0 Å². The third kappa shape index (κ3) is 2.51. The van der Waals surface area contributed by atoms with Crippen molar-refractivity contribution in [3.63, 3.8) is 0 Å². The van der Waals surface area contributed by atoms with Gasteiger partial charge in [0.05, 0.1) is 5.54 Å². The highest BCUT2D eigenvalue weighted by Gasteiger charge is 2.49. The first-order chi connectivity index (χ1) is 6.91. The molecule has 0 spiro atoms. The lowest BCUT2D eigenvalue weighted by atomic mass is 9.63. The smallest absolute Gasteiger partial charge is 0.237 e. The van der Waals surface area contributed by atoms with Gasteiger partial charge in [0.15, 0.2) is 0 Å². The molecule has 0 aromatic carbocycles. The maximum Gasteiger partial charge on any atom is 0.237 e. The summed E-state index contributed by atoms with van der Waals surface area (Å²) in [7, 11) is 0. The molecule has 1 atom stereocenters. The lowest BCUT2D eigenvalue weighted by molar-refractivity contribution is -0.131. The second-order valence-corrected chi connectivity index (χ2v) is 5.31. The zero-order valence-corrected chi connectivity index (χ0v) is 10.3. The normalized spacial score (nSPS) is 32.5. The van der Waals surface area contributed by atoms with Crippen LogP contribution in [-0.2, 0) is 4.79 Å². The Kier molecular flexibility index (Phi) is 3.77. The number of rotatable bonds is 5. The molecule has 1 saturated carbocycles. The van der Waals surface area contributed by atoms with Crippen LogP contribution in [0.2, 0.25) is 0 Å². The molecule has 0 bridgehead atoms. The quantitative estimate of drug-likeness (QED) is 0.728. The number of amides is 1. The third-order valence-corrected chi connectivity index (χ3v) is 3.77. The first-order valence-corrected chi connectivity index (χ1v) is 5.99. The molecule has 88 valence electrons. The molecule has 1 aliphatic rings. The fraction of sp³-hybridized carbons (Fsp3) is 0.917. The van der Waals surface area contributed by atoms with Crippen LogP contribution in [-0.4, -0.2) is 17.5 Å². The summed E-state index contributed by atoms with van der Waals surface area (Å²) >= 11 is 0. The van der Waals surface area contributed by atoms with Gasteiger partial charge in [-0.1, -0.05) is 20.8 Å². The van der Waals surface area contributed by atoms with Crippen LogP contribution in [0.4, 0.5) is 0 Å². The third-order valence-electron chi connectivity index (χ3n) is 3.77. The van der Waals surface area contributed by atoms with Gasteiger partial charge in [-0.25, -0.2) is 0 Å². The molecule has 0 radical (unpaired) electrons. The molecule has 1 aliphatic carbocycles. The average molecular weight is 212 g/mol. The fourth-order valence-corrected chi connectivity index (χ4v) is 2.27. The van der Waals surface area contributed by atoms with Crippen molar-refractivity contribution in [2.75, 3.05) is 0 Å². The van der Waals surface area contributed by atoms with Gasteiger partial charge in [-0.05, 0) is 38.0 Å². The van der Waals surface area contributed by atoms with E-state index in [4.69, 9.17) is 5.73 Å². The minimum absolute atomic E-state index is 0.181. The Morgan fingerprint density at radius 2 is 2.00 bits per heavy atom. The van der Waals surface area contributed by atoms with Gasteiger partial charge in [-0.15, -0.1) is 0 Å². The molecule has 3 nitrogen and oxygen atoms in total. The predicted molar refractivity (Wildman–Crippen MR) is 62.4 cm³/mol. The number of primary amides is 1. The topological polar surface area (TPSA) is 55.1 Å². The Labute approximate surface area is 92.8 Å². The van der Waals surface area contributed by atoms with Gasteiger partial charge >= 0.3 is 0 Å². The highest BCUT2D eigenvalue weighted by Crippen LogP contribution is 2.42. The Morgan fingerprint density at radius 1 is 1.47 bits per heavy atom. The number of carbonyl (C=O) groups excluding carboxylic acids is 1. The largest absolute Gasteiger partial charge is 0.368 e. The summed E-state index contributed by atoms with van der Waals surface area (Å²) in [4.78, 5) is 11.5. The van der Waals surface area contributed by atoms with E-state index in [1.807, 2.05) is 0 Å². The van der Waals surface area contributed by atoms with E-state index in [1.54, 1.807) is 0 Å². The second-order valence-electron chi connectivity index (χ2n) is 5.31. The van der Waals surface area contributed by atoms with Crippen molar-refractivity contribution in [2.45, 2.75) is 58.5 Å². The van der Waals surface area contributed by atoms with Gasteiger partial charge in [-0.3, -0.25) is 4.79 Å². The van der Waals surface area contributed by atoms with Gasteiger partial charge in [0, 0.05) is 6.04 Å². The Balaban J connectivity index is 2.58. The van der Waals surface area contributed by atoms with Crippen molar-refractivity contribution in [3.8, 4) is 0 Å². The van der Waals surface area contributed by atoms with E-state index in [-0.39, 0.29) is 5.91 Å². The molecule has 1 fully saturated rings. The van der Waals surface area contributed by atoms with Crippen molar-refractivity contribution in [1.82, 2.24) is 5.32 Å². The molecular weight excluding hydrogens is 188 g/mol. The Hall–Kier alpha value is -0.570. The zero-order chi connectivity index (χ0) is 11.6. The first kappa shape index (κ1) is 12.5. The van der Waals surface area contributed by atoms with Gasteiger partial charge in [-0.2, -0.15) is 0 Å². The molecule has 1 amide bonds. The molecule has 0 aromatic rings. The summed E-state index contributed by atoms with van der Waals surface area (Å²) in [6.45, 7) is 8.63. The van der Waals surface area contributed by atoms with Crippen molar-refractivity contribution < 1.29 is 4.79 Å². The summed E-state index contributed by atoms with van der Waals surface area (Å²) in [5.41, 5.74) is 5.08.